The van der Waals surface area contributed by atoms with Gasteiger partial charge in [-0.2, -0.15) is 0 Å². The lowest BCUT2D eigenvalue weighted by atomic mass is 9.99. The molecule has 24 heavy (non-hydrogen) atoms. The van der Waals surface area contributed by atoms with Gasteiger partial charge in [0, 0.05) is 19.1 Å². The molecule has 0 N–H and O–H groups in total. The number of nitrogens with zero attached hydrogens (tertiary/aromatic N) is 2. The molecule has 1 fully saturated rings. The van der Waals surface area contributed by atoms with Gasteiger partial charge in [-0.1, -0.05) is 54.6 Å². The first kappa shape index (κ1) is 15.4. The topological polar surface area (TPSA) is 23.6 Å². The molecule has 1 saturated heterocycles. The van der Waals surface area contributed by atoms with Crippen molar-refractivity contribution in [3.05, 3.63) is 71.3 Å². The average Bonchev–Trinajstić information content (AvgIpc) is 3.03. The summed E-state index contributed by atoms with van der Waals surface area (Å²) < 4.78 is 0. The van der Waals surface area contributed by atoms with Crippen LogP contribution in [0.1, 0.15) is 35.6 Å². The predicted molar refractivity (Wildman–Crippen MR) is 95.5 cm³/mol. The number of carbonyl (C=O) groups excluding carboxylic acids is 1. The Morgan fingerprint density at radius 3 is 2.46 bits per heavy atom. The third-order valence-corrected chi connectivity index (χ3v) is 5.61. The number of carbonyl (C=O) groups is 1. The van der Waals surface area contributed by atoms with Crippen LogP contribution in [0.3, 0.4) is 0 Å². The molecule has 124 valence electrons. The molecule has 3 heteroatoms. The second-order valence-corrected chi connectivity index (χ2v) is 6.96. The zero-order chi connectivity index (χ0) is 16.5. The minimum Gasteiger partial charge on any atom is -0.337 e. The second-order valence-electron chi connectivity index (χ2n) is 6.96. The van der Waals surface area contributed by atoms with Crippen LogP contribution >= 0.6 is 0 Å². The molecule has 1 amide bonds. The molecule has 0 aromatic heterocycles. The van der Waals surface area contributed by atoms with Crippen molar-refractivity contribution >= 4 is 5.91 Å². The van der Waals surface area contributed by atoms with Crippen molar-refractivity contribution in [2.24, 2.45) is 0 Å². The maximum Gasteiger partial charge on any atom is 0.240 e. The van der Waals surface area contributed by atoms with Gasteiger partial charge in [-0.15, -0.1) is 0 Å². The zero-order valence-electron chi connectivity index (χ0n) is 14.2. The third-order valence-electron chi connectivity index (χ3n) is 5.61. The summed E-state index contributed by atoms with van der Waals surface area (Å²) in [6, 6.07) is 19.4. The highest BCUT2D eigenvalue weighted by Crippen LogP contribution is 2.35. The maximum atomic E-state index is 13.1. The van der Waals surface area contributed by atoms with E-state index in [9.17, 15) is 4.79 Å². The van der Waals surface area contributed by atoms with Crippen LogP contribution in [0.15, 0.2) is 54.6 Å². The van der Waals surface area contributed by atoms with Gasteiger partial charge in [0.1, 0.15) is 0 Å². The summed E-state index contributed by atoms with van der Waals surface area (Å²) in [7, 11) is 2.10. The number of likely N-dealkylation sites (tertiary alicyclic amines) is 1. The van der Waals surface area contributed by atoms with E-state index in [-0.39, 0.29) is 6.04 Å². The Hall–Kier alpha value is -2.13. The molecule has 0 bridgehead atoms. The van der Waals surface area contributed by atoms with Crippen LogP contribution in [0.5, 0.6) is 0 Å². The predicted octanol–water partition coefficient (Wildman–Crippen LogP) is 3.41. The van der Waals surface area contributed by atoms with Crippen molar-refractivity contribution < 1.29 is 4.79 Å². The maximum absolute atomic E-state index is 13.1. The van der Waals surface area contributed by atoms with Crippen LogP contribution in [0, 0.1) is 0 Å². The van der Waals surface area contributed by atoms with E-state index in [1.165, 1.54) is 16.7 Å². The fourth-order valence-corrected chi connectivity index (χ4v) is 4.21. The van der Waals surface area contributed by atoms with Gasteiger partial charge in [0.2, 0.25) is 5.91 Å². The lowest BCUT2D eigenvalue weighted by Crippen LogP contribution is -2.46. The quantitative estimate of drug-likeness (QED) is 0.846. The highest BCUT2D eigenvalue weighted by Gasteiger charge is 2.38. The van der Waals surface area contributed by atoms with Crippen LogP contribution in [0.25, 0.3) is 0 Å². The van der Waals surface area contributed by atoms with Crippen molar-refractivity contribution in [2.45, 2.75) is 37.9 Å². The van der Waals surface area contributed by atoms with Crippen molar-refractivity contribution in [3.8, 4) is 0 Å². The van der Waals surface area contributed by atoms with Crippen molar-refractivity contribution in [3.63, 3.8) is 0 Å². The lowest BCUT2D eigenvalue weighted by molar-refractivity contribution is -0.137. The Bertz CT molecular complexity index is 728. The summed E-state index contributed by atoms with van der Waals surface area (Å²) in [5.41, 5.74) is 4.01. The van der Waals surface area contributed by atoms with Crippen LogP contribution in [-0.4, -0.2) is 35.3 Å². The molecule has 2 aromatic rings. The number of likely N-dealkylation sites (N-methyl/N-ethyl adjacent to an activating group) is 1. The Morgan fingerprint density at radius 2 is 1.67 bits per heavy atom. The summed E-state index contributed by atoms with van der Waals surface area (Å²) in [4.78, 5) is 17.4. The Morgan fingerprint density at radius 1 is 0.958 bits per heavy atom. The van der Waals surface area contributed by atoms with E-state index >= 15 is 0 Å². The zero-order valence-corrected chi connectivity index (χ0v) is 14.2. The van der Waals surface area contributed by atoms with Gasteiger partial charge in [0.25, 0.3) is 0 Å². The molecular formula is C21H24N2O. The van der Waals surface area contributed by atoms with Crippen molar-refractivity contribution in [2.75, 3.05) is 13.6 Å². The molecular weight excluding hydrogens is 296 g/mol. The van der Waals surface area contributed by atoms with E-state index < -0.39 is 0 Å². The van der Waals surface area contributed by atoms with Gasteiger partial charge in [0.15, 0.2) is 0 Å². The molecule has 2 heterocycles. The second kappa shape index (κ2) is 6.40. The first-order chi connectivity index (χ1) is 11.7. The molecule has 2 atom stereocenters. The van der Waals surface area contributed by atoms with Gasteiger partial charge in [-0.05, 0) is 43.0 Å². The SMILES string of the molecule is CN1[C@@H](C(=O)N2CCc3ccccc3C2)CC[C@H]1c1ccccc1. The summed E-state index contributed by atoms with van der Waals surface area (Å²) >= 11 is 0. The van der Waals surface area contributed by atoms with Crippen LogP contribution in [0.4, 0.5) is 0 Å². The summed E-state index contributed by atoms with van der Waals surface area (Å²) in [6.45, 7) is 1.60. The fraction of sp³-hybridized carbons (Fsp3) is 0.381. The molecule has 4 rings (SSSR count). The number of hydrogen-bond acceptors (Lipinski definition) is 2. The molecule has 2 aliphatic heterocycles. The minimum absolute atomic E-state index is 0.0143. The number of amides is 1. The number of fused-ring (bicyclic) bond motifs is 1. The average molecular weight is 320 g/mol. The van der Waals surface area contributed by atoms with Crippen LogP contribution in [0.2, 0.25) is 0 Å². The fourth-order valence-electron chi connectivity index (χ4n) is 4.21. The number of rotatable bonds is 2. The summed E-state index contributed by atoms with van der Waals surface area (Å²) in [5, 5.41) is 0. The molecule has 0 saturated carbocycles. The third kappa shape index (κ3) is 2.73. The molecule has 0 unspecified atom stereocenters. The van der Waals surface area contributed by atoms with E-state index in [0.717, 1.165) is 32.4 Å². The van der Waals surface area contributed by atoms with E-state index in [2.05, 4.69) is 65.4 Å². The van der Waals surface area contributed by atoms with Crippen LogP contribution < -0.4 is 0 Å². The van der Waals surface area contributed by atoms with Gasteiger partial charge in [-0.3, -0.25) is 9.69 Å². The van der Waals surface area contributed by atoms with E-state index in [1.807, 2.05) is 6.07 Å². The molecule has 0 radical (unpaired) electrons. The standard InChI is InChI=1S/C21H24N2O/c1-22-19(17-8-3-2-4-9-17)11-12-20(22)21(24)23-14-13-16-7-5-6-10-18(16)15-23/h2-10,19-20H,11-15H2,1H3/t19-,20+/m0/s1. The highest BCUT2D eigenvalue weighted by atomic mass is 16.2. The monoisotopic (exact) mass is 320 g/mol. The number of hydrogen-bond donors (Lipinski definition) is 0. The Balaban J connectivity index is 1.48. The lowest BCUT2D eigenvalue weighted by Gasteiger charge is -2.33. The van der Waals surface area contributed by atoms with E-state index in [0.29, 0.717) is 11.9 Å². The van der Waals surface area contributed by atoms with Gasteiger partial charge in [0.05, 0.1) is 6.04 Å². The van der Waals surface area contributed by atoms with Gasteiger partial charge < -0.3 is 4.90 Å². The van der Waals surface area contributed by atoms with Gasteiger partial charge >= 0.3 is 0 Å². The van der Waals surface area contributed by atoms with Crippen molar-refractivity contribution in [1.29, 1.82) is 0 Å². The Labute approximate surface area is 143 Å². The summed E-state index contributed by atoms with van der Waals surface area (Å²) in [5.74, 6) is 0.297. The molecule has 2 aromatic carbocycles. The van der Waals surface area contributed by atoms with Crippen LogP contribution in [-0.2, 0) is 17.8 Å². The summed E-state index contributed by atoms with van der Waals surface area (Å²) in [6.07, 6.45) is 2.98. The number of benzene rings is 2. The normalized spacial score (nSPS) is 24.0. The molecule has 0 aliphatic carbocycles. The molecule has 0 spiro atoms. The largest absolute Gasteiger partial charge is 0.337 e. The van der Waals surface area contributed by atoms with E-state index in [1.54, 1.807) is 0 Å². The highest BCUT2D eigenvalue weighted by molar-refractivity contribution is 5.82. The van der Waals surface area contributed by atoms with Gasteiger partial charge in [-0.25, -0.2) is 0 Å². The first-order valence-electron chi connectivity index (χ1n) is 8.86. The minimum atomic E-state index is 0.0143. The molecule has 3 nitrogen and oxygen atoms in total. The van der Waals surface area contributed by atoms with Crippen molar-refractivity contribution in [1.82, 2.24) is 9.80 Å². The Kier molecular flexibility index (Phi) is 4.11. The smallest absolute Gasteiger partial charge is 0.240 e. The molecule has 2 aliphatic rings. The first-order valence-corrected chi connectivity index (χ1v) is 8.86. The van der Waals surface area contributed by atoms with E-state index in [4.69, 9.17) is 0 Å².